The van der Waals surface area contributed by atoms with Crippen molar-refractivity contribution in [1.82, 2.24) is 37.2 Å². The van der Waals surface area contributed by atoms with Gasteiger partial charge in [0.05, 0.1) is 25.3 Å². The molecular weight excluding hydrogens is 638 g/mol. The minimum Gasteiger partial charge on any atom is -0.480 e. The number of amides is 6. The van der Waals surface area contributed by atoms with Gasteiger partial charge in [-0.05, 0) is 38.1 Å². The maximum Gasteiger partial charge on any atom is 0.328 e. The highest BCUT2D eigenvalue weighted by Crippen LogP contribution is 2.12. The van der Waals surface area contributed by atoms with Crippen molar-refractivity contribution in [2.75, 3.05) is 25.4 Å². The number of hydrogen-bond donors (Lipinski definition) is 11. The van der Waals surface area contributed by atoms with Crippen LogP contribution in [0.4, 0.5) is 0 Å². The number of carbonyl (C=O) groups is 7. The van der Waals surface area contributed by atoms with Crippen LogP contribution in [0, 0.1) is 11.8 Å². The quantitative estimate of drug-likeness (QED) is 0.0566. The smallest absolute Gasteiger partial charge is 0.328 e. The largest absolute Gasteiger partial charge is 0.480 e. The van der Waals surface area contributed by atoms with E-state index in [1.165, 1.54) is 6.92 Å². The number of carbonyl (C=O) groups excluding carboxylic acids is 6. The summed E-state index contributed by atoms with van der Waals surface area (Å²) in [6.45, 7) is 7.49. The summed E-state index contributed by atoms with van der Waals surface area (Å²) < 4.78 is 0. The fraction of sp³-hybridized carbons (Fsp3) is 0.759. The van der Waals surface area contributed by atoms with Gasteiger partial charge < -0.3 is 52.5 Å². The highest BCUT2D eigenvalue weighted by Gasteiger charge is 2.34. The van der Waals surface area contributed by atoms with Crippen LogP contribution in [0.25, 0.3) is 0 Å². The number of nitrogens with one attached hydrogen (secondary N) is 7. The number of carboxylic acids is 1. The summed E-state index contributed by atoms with van der Waals surface area (Å²) >= 11 is 4.10. The highest BCUT2D eigenvalue weighted by atomic mass is 32.1. The molecule has 1 aliphatic rings. The number of thiol groups is 1. The topological polar surface area (TPSA) is 264 Å². The van der Waals surface area contributed by atoms with E-state index in [1.54, 1.807) is 20.8 Å². The summed E-state index contributed by atoms with van der Waals surface area (Å²) in [6.07, 6.45) is 1.02. The molecule has 18 heteroatoms. The van der Waals surface area contributed by atoms with Gasteiger partial charge in [-0.15, -0.1) is 0 Å². The number of hydrogen-bond acceptors (Lipinski definition) is 11. The van der Waals surface area contributed by atoms with Gasteiger partial charge >= 0.3 is 5.97 Å². The molecule has 10 N–H and O–H groups in total. The molecule has 1 heterocycles. The van der Waals surface area contributed by atoms with Crippen LogP contribution in [-0.2, 0) is 33.6 Å². The Balaban J connectivity index is 2.88. The normalized spacial score (nSPS) is 19.4. The molecule has 17 nitrogen and oxygen atoms in total. The number of carboxylic acid groups (broad SMARTS) is 1. The van der Waals surface area contributed by atoms with Crippen LogP contribution >= 0.6 is 12.6 Å². The lowest BCUT2D eigenvalue weighted by Gasteiger charge is -2.28. The Hall–Kier alpha value is -3.48. The Kier molecular flexibility index (Phi) is 18.3. The van der Waals surface area contributed by atoms with Gasteiger partial charge in [0.15, 0.2) is 0 Å². The first-order valence-electron chi connectivity index (χ1n) is 15.8. The van der Waals surface area contributed by atoms with E-state index in [4.69, 9.17) is 5.11 Å². The van der Waals surface area contributed by atoms with Gasteiger partial charge in [0.1, 0.15) is 30.2 Å². The Morgan fingerprint density at radius 2 is 1.34 bits per heavy atom. The molecule has 268 valence electrons. The molecule has 0 aliphatic carbocycles. The van der Waals surface area contributed by atoms with Crippen LogP contribution < -0.4 is 37.2 Å². The zero-order valence-corrected chi connectivity index (χ0v) is 28.4. The average molecular weight is 690 g/mol. The average Bonchev–Trinajstić information content (AvgIpc) is 3.59. The van der Waals surface area contributed by atoms with Gasteiger partial charge in [0, 0.05) is 5.75 Å². The minimum atomic E-state index is -1.60. The second-order valence-corrected chi connectivity index (χ2v) is 12.1. The van der Waals surface area contributed by atoms with E-state index < -0.39 is 96.9 Å². The molecule has 1 saturated heterocycles. The molecule has 0 aromatic heterocycles. The summed E-state index contributed by atoms with van der Waals surface area (Å²) in [7, 11) is 0. The maximum atomic E-state index is 13.1. The molecular formula is C29H51N7O10S. The lowest BCUT2D eigenvalue weighted by molar-refractivity contribution is -0.143. The van der Waals surface area contributed by atoms with Crippen LogP contribution in [0.2, 0.25) is 0 Å². The SMILES string of the molecule is CCC(C)C(NC(=O)C1CCCN1)C(=O)NCC(=O)NC(C(=O)NC(CS)C(=O)NC(C(=O)NC(CO)C(=O)O)C(C)CC)C(C)O. The Bertz CT molecular complexity index is 1110. The fourth-order valence-electron chi connectivity index (χ4n) is 4.63. The van der Waals surface area contributed by atoms with E-state index in [0.717, 1.165) is 6.42 Å². The van der Waals surface area contributed by atoms with Crippen LogP contribution in [-0.4, -0.2) is 125 Å². The van der Waals surface area contributed by atoms with Gasteiger partial charge in [-0.1, -0.05) is 40.5 Å². The molecule has 0 aromatic carbocycles. The maximum absolute atomic E-state index is 13.1. The van der Waals surface area contributed by atoms with Gasteiger partial charge in [0.2, 0.25) is 35.4 Å². The Morgan fingerprint density at radius 3 is 1.81 bits per heavy atom. The van der Waals surface area contributed by atoms with Crippen molar-refractivity contribution in [1.29, 1.82) is 0 Å². The molecule has 1 fully saturated rings. The van der Waals surface area contributed by atoms with Crippen molar-refractivity contribution in [3.8, 4) is 0 Å². The standard InChI is InChI=1S/C29H51N7O10S/c1-6-14(3)21(35-24(40)17-9-8-10-30-17)26(42)31-11-20(39)34-23(16(5)38)28(44)33-19(13-47)25(41)36-22(15(4)7-2)27(43)32-18(12-37)29(45)46/h14-19,21-23,30,37-38,47H,6-13H2,1-5H3,(H,31,42)(H,32,43)(H,33,44)(H,34,39)(H,35,40)(H,36,41)(H,45,46). The molecule has 1 rings (SSSR count). The summed E-state index contributed by atoms with van der Waals surface area (Å²) in [5, 5.41) is 46.2. The zero-order chi connectivity index (χ0) is 35.8. The first kappa shape index (κ1) is 41.5. The van der Waals surface area contributed by atoms with Crippen molar-refractivity contribution >= 4 is 54.0 Å². The summed E-state index contributed by atoms with van der Waals surface area (Å²) in [6, 6.07) is -7.03. The van der Waals surface area contributed by atoms with Gasteiger partial charge in [0.25, 0.3) is 0 Å². The summed E-state index contributed by atoms with van der Waals surface area (Å²) in [5.74, 6) is -6.86. The van der Waals surface area contributed by atoms with Crippen molar-refractivity contribution in [3.63, 3.8) is 0 Å². The molecule has 0 aromatic rings. The second kappa shape index (κ2) is 20.7. The predicted octanol–water partition coefficient (Wildman–Crippen LogP) is -3.24. The Labute approximate surface area is 279 Å². The highest BCUT2D eigenvalue weighted by molar-refractivity contribution is 7.80. The third-order valence-corrected chi connectivity index (χ3v) is 8.45. The van der Waals surface area contributed by atoms with Gasteiger partial charge in [-0.3, -0.25) is 28.8 Å². The second-order valence-electron chi connectivity index (χ2n) is 11.7. The van der Waals surface area contributed by atoms with Gasteiger partial charge in [-0.2, -0.15) is 12.6 Å². The van der Waals surface area contributed by atoms with Gasteiger partial charge in [-0.25, -0.2) is 4.79 Å². The van der Waals surface area contributed by atoms with E-state index in [0.29, 0.717) is 25.8 Å². The van der Waals surface area contributed by atoms with E-state index >= 15 is 0 Å². The summed E-state index contributed by atoms with van der Waals surface area (Å²) in [5.41, 5.74) is 0. The van der Waals surface area contributed by atoms with Crippen molar-refractivity contribution in [2.45, 2.75) is 103 Å². The lowest BCUT2D eigenvalue weighted by Crippen LogP contribution is -2.61. The van der Waals surface area contributed by atoms with Crippen LogP contribution in [0.1, 0.15) is 60.3 Å². The van der Waals surface area contributed by atoms with E-state index in [2.05, 4.69) is 49.8 Å². The van der Waals surface area contributed by atoms with Crippen molar-refractivity contribution < 1.29 is 48.9 Å². The Morgan fingerprint density at radius 1 is 0.787 bits per heavy atom. The fourth-order valence-corrected chi connectivity index (χ4v) is 4.89. The number of aliphatic carboxylic acids is 1. The number of aliphatic hydroxyl groups excluding tert-OH is 2. The minimum absolute atomic E-state index is 0.247. The van der Waals surface area contributed by atoms with Crippen molar-refractivity contribution in [3.05, 3.63) is 0 Å². The molecule has 6 amide bonds. The van der Waals surface area contributed by atoms with Crippen LogP contribution in [0.3, 0.4) is 0 Å². The van der Waals surface area contributed by atoms with E-state index in [1.807, 2.05) is 6.92 Å². The third-order valence-electron chi connectivity index (χ3n) is 8.08. The predicted molar refractivity (Wildman–Crippen MR) is 173 cm³/mol. The molecule has 0 radical (unpaired) electrons. The molecule has 9 unspecified atom stereocenters. The lowest BCUT2D eigenvalue weighted by atomic mass is 9.97. The summed E-state index contributed by atoms with van der Waals surface area (Å²) in [4.78, 5) is 88.5. The molecule has 1 aliphatic heterocycles. The van der Waals surface area contributed by atoms with Crippen LogP contribution in [0.15, 0.2) is 0 Å². The molecule has 47 heavy (non-hydrogen) atoms. The number of rotatable bonds is 20. The van der Waals surface area contributed by atoms with Crippen molar-refractivity contribution in [2.24, 2.45) is 11.8 Å². The third kappa shape index (κ3) is 13.3. The van der Waals surface area contributed by atoms with E-state index in [-0.39, 0.29) is 17.6 Å². The van der Waals surface area contributed by atoms with Crippen LogP contribution in [0.5, 0.6) is 0 Å². The first-order valence-corrected chi connectivity index (χ1v) is 16.4. The monoisotopic (exact) mass is 689 g/mol. The first-order chi connectivity index (χ1) is 22.1. The molecule has 9 atom stereocenters. The zero-order valence-electron chi connectivity index (χ0n) is 27.5. The van der Waals surface area contributed by atoms with E-state index in [9.17, 15) is 43.8 Å². The number of aliphatic hydroxyl groups is 2. The molecule has 0 spiro atoms. The molecule has 0 saturated carbocycles. The molecule has 0 bridgehead atoms.